The summed E-state index contributed by atoms with van der Waals surface area (Å²) in [4.78, 5) is 33.2. The predicted octanol–water partition coefficient (Wildman–Crippen LogP) is 2.93. The zero-order chi connectivity index (χ0) is 17.6. The third kappa shape index (κ3) is 2.52. The van der Waals surface area contributed by atoms with Gasteiger partial charge in [0.05, 0.1) is 22.4 Å². The number of fused-ring (bicyclic) bond motifs is 1. The van der Waals surface area contributed by atoms with E-state index in [1.165, 1.54) is 0 Å². The number of carbonyl (C=O) groups is 2. The number of aromatic nitrogens is 2. The molecule has 1 aromatic heterocycles. The van der Waals surface area contributed by atoms with Crippen molar-refractivity contribution in [3.63, 3.8) is 0 Å². The van der Waals surface area contributed by atoms with Crippen LogP contribution in [0, 0.1) is 0 Å². The van der Waals surface area contributed by atoms with E-state index in [1.807, 2.05) is 18.2 Å². The molecule has 0 saturated carbocycles. The molecule has 1 aliphatic heterocycles. The highest BCUT2D eigenvalue weighted by Crippen LogP contribution is 2.29. The summed E-state index contributed by atoms with van der Waals surface area (Å²) >= 11 is 0. The van der Waals surface area contributed by atoms with Gasteiger partial charge in [0, 0.05) is 0 Å². The first kappa shape index (κ1) is 16.4. The molecule has 2 heterocycles. The zero-order valence-electron chi connectivity index (χ0n) is 14.6. The Morgan fingerprint density at radius 2 is 1.54 bits per heavy atom. The van der Waals surface area contributed by atoms with Gasteiger partial charge in [0.1, 0.15) is 5.54 Å². The van der Waals surface area contributed by atoms with Crippen molar-refractivity contribution in [2.24, 2.45) is 0 Å². The molecule has 3 amide bonds. The molecule has 24 heavy (non-hydrogen) atoms. The minimum atomic E-state index is -1.08. The highest BCUT2D eigenvalue weighted by molar-refractivity contribution is 6.07. The molecule has 6 nitrogen and oxygen atoms in total. The van der Waals surface area contributed by atoms with Crippen LogP contribution >= 0.6 is 0 Å². The van der Waals surface area contributed by atoms with Gasteiger partial charge in [-0.1, -0.05) is 33.8 Å². The minimum absolute atomic E-state index is 0.257. The van der Waals surface area contributed by atoms with Crippen molar-refractivity contribution in [1.29, 1.82) is 0 Å². The first-order chi connectivity index (χ1) is 11.2. The number of urea groups is 1. The van der Waals surface area contributed by atoms with Crippen molar-refractivity contribution >= 4 is 23.0 Å². The van der Waals surface area contributed by atoms with E-state index in [4.69, 9.17) is 9.97 Å². The van der Waals surface area contributed by atoms with Crippen molar-refractivity contribution in [2.75, 3.05) is 0 Å². The van der Waals surface area contributed by atoms with E-state index in [0.29, 0.717) is 5.56 Å². The Hall–Kier alpha value is -2.50. The van der Waals surface area contributed by atoms with Crippen LogP contribution in [0.4, 0.5) is 4.79 Å². The average molecular weight is 326 g/mol. The predicted molar refractivity (Wildman–Crippen MR) is 91.7 cm³/mol. The molecule has 2 aromatic rings. The van der Waals surface area contributed by atoms with Crippen LogP contribution < -0.4 is 10.6 Å². The normalized spacial score (nSPS) is 20.8. The van der Waals surface area contributed by atoms with E-state index in [1.54, 1.807) is 6.92 Å². The van der Waals surface area contributed by atoms with Crippen LogP contribution in [-0.4, -0.2) is 21.9 Å². The maximum atomic E-state index is 12.1. The fourth-order valence-corrected chi connectivity index (χ4v) is 2.99. The summed E-state index contributed by atoms with van der Waals surface area (Å²) in [5.74, 6) is 0.187. The van der Waals surface area contributed by atoms with Gasteiger partial charge in [0.2, 0.25) is 0 Å². The van der Waals surface area contributed by atoms with Crippen molar-refractivity contribution in [3.8, 4) is 0 Å². The largest absolute Gasteiger partial charge is 0.322 e. The summed E-state index contributed by atoms with van der Waals surface area (Å²) in [6.45, 7) is 10.1. The molecule has 0 aliphatic carbocycles. The van der Waals surface area contributed by atoms with E-state index >= 15 is 0 Å². The van der Waals surface area contributed by atoms with Crippen LogP contribution in [0.25, 0.3) is 11.0 Å². The van der Waals surface area contributed by atoms with Gasteiger partial charge in [-0.3, -0.25) is 10.1 Å². The lowest BCUT2D eigenvalue weighted by Gasteiger charge is -2.22. The van der Waals surface area contributed by atoms with E-state index in [0.717, 1.165) is 22.4 Å². The van der Waals surface area contributed by atoms with Gasteiger partial charge in [-0.2, -0.15) is 0 Å². The fraction of sp³-hybridized carbons (Fsp3) is 0.444. The van der Waals surface area contributed by atoms with Gasteiger partial charge in [-0.15, -0.1) is 0 Å². The Kier molecular flexibility index (Phi) is 3.78. The van der Waals surface area contributed by atoms with E-state index in [2.05, 4.69) is 38.3 Å². The van der Waals surface area contributed by atoms with Crippen molar-refractivity contribution in [1.82, 2.24) is 20.6 Å². The number of carbonyl (C=O) groups excluding carboxylic acids is 2. The van der Waals surface area contributed by atoms with Crippen molar-refractivity contribution in [2.45, 2.75) is 52.0 Å². The number of nitrogens with zero attached hydrogens (tertiary/aromatic N) is 2. The fourth-order valence-electron chi connectivity index (χ4n) is 2.99. The second kappa shape index (κ2) is 5.54. The van der Waals surface area contributed by atoms with Gasteiger partial charge in [0.25, 0.3) is 5.91 Å². The number of rotatable bonds is 3. The lowest BCUT2D eigenvalue weighted by molar-refractivity contribution is -0.123. The monoisotopic (exact) mass is 326 g/mol. The molecule has 1 atom stereocenters. The van der Waals surface area contributed by atoms with Crippen LogP contribution in [0.1, 0.15) is 63.4 Å². The molecule has 1 fully saturated rings. The number of nitrogens with one attached hydrogen (secondary N) is 2. The smallest absolute Gasteiger partial charge is 0.320 e. The van der Waals surface area contributed by atoms with E-state index in [-0.39, 0.29) is 17.7 Å². The summed E-state index contributed by atoms with van der Waals surface area (Å²) in [6, 6.07) is 5.04. The maximum absolute atomic E-state index is 12.1. The molecular weight excluding hydrogens is 304 g/mol. The summed E-state index contributed by atoms with van der Waals surface area (Å²) in [5.41, 5.74) is 3.11. The molecule has 1 unspecified atom stereocenters. The molecule has 0 spiro atoms. The second-order valence-electron chi connectivity index (χ2n) is 7.04. The Bertz CT molecular complexity index is 844. The van der Waals surface area contributed by atoms with Crippen molar-refractivity contribution in [3.05, 3.63) is 35.2 Å². The van der Waals surface area contributed by atoms with Gasteiger partial charge in [0.15, 0.2) is 0 Å². The van der Waals surface area contributed by atoms with Crippen LogP contribution in [0.3, 0.4) is 0 Å². The molecule has 0 radical (unpaired) electrons. The summed E-state index contributed by atoms with van der Waals surface area (Å²) < 4.78 is 0. The Morgan fingerprint density at radius 3 is 2.04 bits per heavy atom. The zero-order valence-corrected chi connectivity index (χ0v) is 14.6. The van der Waals surface area contributed by atoms with Gasteiger partial charge < -0.3 is 5.32 Å². The number of imide groups is 1. The number of benzene rings is 1. The maximum Gasteiger partial charge on any atom is 0.322 e. The molecule has 0 bridgehead atoms. The summed E-state index contributed by atoms with van der Waals surface area (Å²) in [5, 5.41) is 4.96. The Labute approximate surface area is 141 Å². The third-order valence-electron chi connectivity index (χ3n) is 4.44. The lowest BCUT2D eigenvalue weighted by Crippen LogP contribution is -2.40. The number of hydrogen-bond donors (Lipinski definition) is 2. The van der Waals surface area contributed by atoms with Gasteiger partial charge >= 0.3 is 6.03 Å². The first-order valence-corrected chi connectivity index (χ1v) is 8.18. The second-order valence-corrected chi connectivity index (χ2v) is 7.04. The molecule has 1 aliphatic rings. The number of hydrogen-bond acceptors (Lipinski definition) is 4. The molecule has 126 valence electrons. The van der Waals surface area contributed by atoms with Crippen LogP contribution in [-0.2, 0) is 10.3 Å². The van der Waals surface area contributed by atoms with Gasteiger partial charge in [-0.25, -0.2) is 14.8 Å². The van der Waals surface area contributed by atoms with Crippen molar-refractivity contribution < 1.29 is 9.59 Å². The molecule has 3 rings (SSSR count). The average Bonchev–Trinajstić information content (AvgIpc) is 2.78. The summed E-state index contributed by atoms with van der Waals surface area (Å²) in [7, 11) is 0. The highest BCUT2D eigenvalue weighted by Gasteiger charge is 2.43. The molecule has 6 heteroatoms. The topological polar surface area (TPSA) is 84.0 Å². The molecule has 1 aromatic carbocycles. The molecule has 1 saturated heterocycles. The molecule has 2 N–H and O–H groups in total. The summed E-state index contributed by atoms with van der Waals surface area (Å²) in [6.07, 6.45) is 0. The lowest BCUT2D eigenvalue weighted by atomic mass is 9.91. The number of amides is 3. The quantitative estimate of drug-likeness (QED) is 0.849. The Balaban J connectivity index is 2.16. The SMILES string of the molecule is CC(C)c1nc2ccc(C3(C)NC(=O)NC3=O)cc2nc1C(C)C. The highest BCUT2D eigenvalue weighted by atomic mass is 16.2. The Morgan fingerprint density at radius 1 is 0.958 bits per heavy atom. The van der Waals surface area contributed by atoms with Gasteiger partial charge in [-0.05, 0) is 36.5 Å². The van der Waals surface area contributed by atoms with E-state index in [9.17, 15) is 9.59 Å². The van der Waals surface area contributed by atoms with Crippen LogP contribution in [0.2, 0.25) is 0 Å². The third-order valence-corrected chi connectivity index (χ3v) is 4.44. The first-order valence-electron chi connectivity index (χ1n) is 8.18. The standard InChI is InChI=1S/C18H22N4O2/c1-9(2)14-15(10(3)4)20-13-8-11(6-7-12(13)19-14)18(5)16(23)21-17(24)22-18/h6-10H,1-5H3,(H2,21,22,23,24). The molecular formula is C18H22N4O2. The van der Waals surface area contributed by atoms with Crippen LogP contribution in [0.15, 0.2) is 18.2 Å². The van der Waals surface area contributed by atoms with Crippen LogP contribution in [0.5, 0.6) is 0 Å². The minimum Gasteiger partial charge on any atom is -0.320 e. The van der Waals surface area contributed by atoms with E-state index < -0.39 is 11.6 Å².